The molecule has 0 atom stereocenters. The first-order valence-corrected chi connectivity index (χ1v) is 10.5. The highest BCUT2D eigenvalue weighted by molar-refractivity contribution is 7.99. The van der Waals surface area contributed by atoms with Crippen LogP contribution in [0.2, 0.25) is 0 Å². The summed E-state index contributed by atoms with van der Waals surface area (Å²) in [6.45, 7) is 0. The Bertz CT molecular complexity index is 1050. The zero-order valence-corrected chi connectivity index (χ0v) is 16.6. The molecule has 2 aromatic carbocycles. The third-order valence-corrected chi connectivity index (χ3v) is 6.16. The van der Waals surface area contributed by atoms with Crippen LogP contribution >= 0.6 is 11.8 Å². The molecule has 4 rings (SSSR count). The summed E-state index contributed by atoms with van der Waals surface area (Å²) in [6, 6.07) is 14.7. The number of hydrogen-bond donors (Lipinski definition) is 0. The number of rotatable bonds is 6. The van der Waals surface area contributed by atoms with Gasteiger partial charge in [-0.2, -0.15) is 0 Å². The van der Waals surface area contributed by atoms with Crippen LogP contribution in [0, 0.1) is 0 Å². The van der Waals surface area contributed by atoms with Crippen LogP contribution in [0.3, 0.4) is 0 Å². The predicted molar refractivity (Wildman–Crippen MR) is 112 cm³/mol. The number of carbonyl (C=O) groups is 1. The molecule has 1 fully saturated rings. The lowest BCUT2D eigenvalue weighted by Gasteiger charge is -2.18. The number of thioether (sulfide) groups is 1. The lowest BCUT2D eigenvalue weighted by Crippen LogP contribution is -2.26. The minimum atomic E-state index is -0.00287. The van der Waals surface area contributed by atoms with E-state index in [0.717, 1.165) is 31.4 Å². The molecule has 5 nitrogen and oxygen atoms in total. The van der Waals surface area contributed by atoms with Crippen LogP contribution in [0.4, 0.5) is 0 Å². The van der Waals surface area contributed by atoms with E-state index in [2.05, 4.69) is 0 Å². The van der Waals surface area contributed by atoms with Crippen molar-refractivity contribution in [3.8, 4) is 5.75 Å². The zero-order chi connectivity index (χ0) is 19.5. The molecule has 3 aromatic rings. The highest BCUT2D eigenvalue weighted by Gasteiger charge is 2.23. The third kappa shape index (κ3) is 3.69. The molecule has 0 unspecified atom stereocenters. The minimum absolute atomic E-state index is 0.00287. The summed E-state index contributed by atoms with van der Waals surface area (Å²) in [4.78, 5) is 30.5. The first-order chi connectivity index (χ1) is 13.7. The Labute approximate surface area is 167 Å². The van der Waals surface area contributed by atoms with Crippen molar-refractivity contribution in [2.45, 2.75) is 36.9 Å². The second-order valence-corrected chi connectivity index (χ2v) is 7.91. The highest BCUT2D eigenvalue weighted by Crippen LogP contribution is 2.32. The SMILES string of the molecule is COc1ccc(C(=O)CSc2nc3ccccc3c(=O)n2C2CCCC2)cc1. The Morgan fingerprint density at radius 2 is 1.86 bits per heavy atom. The fourth-order valence-electron chi connectivity index (χ4n) is 3.70. The van der Waals surface area contributed by atoms with Gasteiger partial charge in [0.15, 0.2) is 10.9 Å². The molecule has 1 aromatic heterocycles. The molecule has 28 heavy (non-hydrogen) atoms. The molecule has 144 valence electrons. The molecule has 0 N–H and O–H groups in total. The number of Topliss-reactive ketones (excluding diaryl/α,β-unsaturated/α-hetero) is 1. The fourth-order valence-corrected chi connectivity index (χ4v) is 4.66. The molecule has 0 bridgehead atoms. The van der Waals surface area contributed by atoms with Crippen LogP contribution in [0.25, 0.3) is 10.9 Å². The van der Waals surface area contributed by atoms with Crippen molar-refractivity contribution in [1.29, 1.82) is 0 Å². The van der Waals surface area contributed by atoms with E-state index in [4.69, 9.17) is 9.72 Å². The summed E-state index contributed by atoms with van der Waals surface area (Å²) in [6.07, 6.45) is 4.22. The van der Waals surface area contributed by atoms with Crippen LogP contribution in [-0.4, -0.2) is 28.2 Å². The summed E-state index contributed by atoms with van der Waals surface area (Å²) in [5.74, 6) is 0.965. The summed E-state index contributed by atoms with van der Waals surface area (Å²) in [5.41, 5.74) is 1.31. The Hall–Kier alpha value is -2.60. The Kier molecular flexibility index (Phi) is 5.48. The summed E-state index contributed by atoms with van der Waals surface area (Å²) < 4.78 is 6.96. The van der Waals surface area contributed by atoms with Crippen molar-refractivity contribution in [2.75, 3.05) is 12.9 Å². The van der Waals surface area contributed by atoms with E-state index >= 15 is 0 Å². The zero-order valence-electron chi connectivity index (χ0n) is 15.8. The monoisotopic (exact) mass is 394 g/mol. The molecule has 0 saturated heterocycles. The number of aromatic nitrogens is 2. The maximum atomic E-state index is 13.1. The van der Waals surface area contributed by atoms with Crippen molar-refractivity contribution in [3.05, 3.63) is 64.4 Å². The van der Waals surface area contributed by atoms with Crippen molar-refractivity contribution >= 4 is 28.4 Å². The highest BCUT2D eigenvalue weighted by atomic mass is 32.2. The number of hydrogen-bond acceptors (Lipinski definition) is 5. The second-order valence-electron chi connectivity index (χ2n) is 6.97. The Morgan fingerprint density at radius 3 is 2.57 bits per heavy atom. The lowest BCUT2D eigenvalue weighted by molar-refractivity contribution is 0.102. The minimum Gasteiger partial charge on any atom is -0.497 e. The van der Waals surface area contributed by atoms with Crippen molar-refractivity contribution < 1.29 is 9.53 Å². The van der Waals surface area contributed by atoms with E-state index in [-0.39, 0.29) is 23.1 Å². The number of carbonyl (C=O) groups excluding carboxylic acids is 1. The van der Waals surface area contributed by atoms with Gasteiger partial charge >= 0.3 is 0 Å². The van der Waals surface area contributed by atoms with E-state index in [1.165, 1.54) is 11.8 Å². The van der Waals surface area contributed by atoms with Crippen LogP contribution in [0.1, 0.15) is 42.1 Å². The second kappa shape index (κ2) is 8.19. The maximum Gasteiger partial charge on any atom is 0.262 e. The summed E-state index contributed by atoms with van der Waals surface area (Å²) in [5, 5.41) is 1.28. The van der Waals surface area contributed by atoms with E-state index in [0.29, 0.717) is 21.6 Å². The lowest BCUT2D eigenvalue weighted by atomic mass is 10.1. The van der Waals surface area contributed by atoms with Crippen molar-refractivity contribution in [3.63, 3.8) is 0 Å². The molecule has 0 spiro atoms. The van der Waals surface area contributed by atoms with Gasteiger partial charge in [0, 0.05) is 11.6 Å². The predicted octanol–water partition coefficient (Wildman–Crippen LogP) is 4.50. The van der Waals surface area contributed by atoms with Gasteiger partial charge in [-0.1, -0.05) is 36.7 Å². The molecule has 1 aliphatic carbocycles. The number of para-hydroxylation sites is 1. The van der Waals surface area contributed by atoms with E-state index in [1.807, 2.05) is 28.8 Å². The van der Waals surface area contributed by atoms with Gasteiger partial charge < -0.3 is 4.74 Å². The summed E-state index contributed by atoms with van der Waals surface area (Å²) in [7, 11) is 1.60. The van der Waals surface area contributed by atoms with Crippen molar-refractivity contribution in [2.24, 2.45) is 0 Å². The number of benzene rings is 2. The molecule has 0 aliphatic heterocycles. The van der Waals surface area contributed by atoms with E-state index < -0.39 is 0 Å². The van der Waals surface area contributed by atoms with E-state index in [9.17, 15) is 9.59 Å². The molecule has 6 heteroatoms. The molecule has 1 aliphatic rings. The standard InChI is InChI=1S/C22H22N2O3S/c1-27-17-12-10-15(11-13-17)20(25)14-28-22-23-19-9-5-4-8-18(19)21(26)24(22)16-6-2-3-7-16/h4-5,8-13,16H,2-3,6-7,14H2,1H3. The fraction of sp³-hybridized carbons (Fsp3) is 0.318. The number of methoxy groups -OCH3 is 1. The molecule has 0 amide bonds. The van der Waals surface area contributed by atoms with Gasteiger partial charge in [-0.15, -0.1) is 0 Å². The van der Waals surface area contributed by atoms with Gasteiger partial charge in [-0.05, 0) is 49.2 Å². The quantitative estimate of drug-likeness (QED) is 0.350. The number of nitrogens with zero attached hydrogens (tertiary/aromatic N) is 2. The first-order valence-electron chi connectivity index (χ1n) is 9.48. The Morgan fingerprint density at radius 1 is 1.14 bits per heavy atom. The van der Waals surface area contributed by atoms with Crippen molar-refractivity contribution in [1.82, 2.24) is 9.55 Å². The third-order valence-electron chi connectivity index (χ3n) is 5.21. The van der Waals surface area contributed by atoms with Gasteiger partial charge in [0.25, 0.3) is 5.56 Å². The molecule has 0 radical (unpaired) electrons. The average molecular weight is 394 g/mol. The molecular formula is C22H22N2O3S. The van der Waals surface area contributed by atoms with Crippen LogP contribution < -0.4 is 10.3 Å². The number of ketones is 1. The largest absolute Gasteiger partial charge is 0.497 e. The summed E-state index contributed by atoms with van der Waals surface area (Å²) >= 11 is 1.35. The van der Waals surface area contributed by atoms with Crippen LogP contribution in [0.5, 0.6) is 5.75 Å². The van der Waals surface area contributed by atoms with E-state index in [1.54, 1.807) is 31.4 Å². The van der Waals surface area contributed by atoms with Crippen LogP contribution in [-0.2, 0) is 0 Å². The number of ether oxygens (including phenoxy) is 1. The van der Waals surface area contributed by atoms with Gasteiger partial charge in [0.2, 0.25) is 0 Å². The Balaban J connectivity index is 1.64. The van der Waals surface area contributed by atoms with Gasteiger partial charge in [-0.3, -0.25) is 14.2 Å². The average Bonchev–Trinajstić information content (AvgIpc) is 3.26. The topological polar surface area (TPSA) is 61.2 Å². The van der Waals surface area contributed by atoms with Gasteiger partial charge in [-0.25, -0.2) is 4.98 Å². The molecular weight excluding hydrogens is 372 g/mol. The number of fused-ring (bicyclic) bond motifs is 1. The first kappa shape index (κ1) is 18.7. The van der Waals surface area contributed by atoms with Gasteiger partial charge in [0.1, 0.15) is 5.75 Å². The smallest absolute Gasteiger partial charge is 0.262 e. The maximum absolute atomic E-state index is 13.1. The molecule has 1 saturated carbocycles. The normalized spacial score (nSPS) is 14.5. The molecule has 1 heterocycles. The van der Waals surface area contributed by atoms with Gasteiger partial charge in [0.05, 0.1) is 23.8 Å². The van der Waals surface area contributed by atoms with Crippen LogP contribution in [0.15, 0.2) is 58.5 Å².